The molecular formula is C14H19ClN2O3S. The third-order valence-electron chi connectivity index (χ3n) is 3.67. The Bertz CT molecular complexity index is 601. The van der Waals surface area contributed by atoms with Crippen LogP contribution in [0.25, 0.3) is 0 Å². The minimum Gasteiger partial charge on any atom is -0.340 e. The first kappa shape index (κ1) is 16.3. The minimum absolute atomic E-state index is 0.127. The van der Waals surface area contributed by atoms with Gasteiger partial charge < -0.3 is 10.2 Å². The zero-order valence-electron chi connectivity index (χ0n) is 11.9. The van der Waals surface area contributed by atoms with Gasteiger partial charge in [0.15, 0.2) is 9.84 Å². The van der Waals surface area contributed by atoms with Crippen molar-refractivity contribution in [1.29, 1.82) is 0 Å². The van der Waals surface area contributed by atoms with Gasteiger partial charge in [-0.15, -0.1) is 0 Å². The van der Waals surface area contributed by atoms with Crippen LogP contribution in [0.5, 0.6) is 0 Å². The summed E-state index contributed by atoms with van der Waals surface area (Å²) in [6.45, 7) is 1.18. The van der Waals surface area contributed by atoms with Crippen LogP contribution in [0.4, 0.5) is 0 Å². The number of rotatable bonds is 4. The number of likely N-dealkylation sites (tertiary alicyclic amines) is 1. The summed E-state index contributed by atoms with van der Waals surface area (Å²) in [6.07, 6.45) is 1.89. The molecule has 0 unspecified atom stereocenters. The fourth-order valence-electron chi connectivity index (χ4n) is 2.42. The van der Waals surface area contributed by atoms with Crippen molar-refractivity contribution in [2.45, 2.75) is 23.8 Å². The second kappa shape index (κ2) is 6.77. The van der Waals surface area contributed by atoms with Crippen molar-refractivity contribution in [2.75, 3.05) is 25.9 Å². The van der Waals surface area contributed by atoms with Gasteiger partial charge in [0.25, 0.3) is 0 Å². The SMILES string of the molecule is CN[C@H]1CCCN(C(=O)CS(=O)(=O)c2ccc(Cl)cc2)C1. The number of halogens is 1. The van der Waals surface area contributed by atoms with Gasteiger partial charge in [-0.25, -0.2) is 8.42 Å². The Balaban J connectivity index is 2.06. The number of nitrogens with zero attached hydrogens (tertiary/aromatic N) is 1. The van der Waals surface area contributed by atoms with Crippen LogP contribution in [0.3, 0.4) is 0 Å². The van der Waals surface area contributed by atoms with Crippen LogP contribution < -0.4 is 5.32 Å². The molecule has 0 aromatic heterocycles. The van der Waals surface area contributed by atoms with E-state index in [1.54, 1.807) is 4.90 Å². The van der Waals surface area contributed by atoms with E-state index >= 15 is 0 Å². The molecule has 0 saturated carbocycles. The van der Waals surface area contributed by atoms with Gasteiger partial charge in [0, 0.05) is 24.2 Å². The predicted molar refractivity (Wildman–Crippen MR) is 82.2 cm³/mol. The van der Waals surface area contributed by atoms with Crippen LogP contribution in [0.2, 0.25) is 5.02 Å². The second-order valence-corrected chi connectivity index (χ2v) is 7.61. The van der Waals surface area contributed by atoms with E-state index in [-0.39, 0.29) is 16.8 Å². The lowest BCUT2D eigenvalue weighted by Crippen LogP contribution is -2.48. The third kappa shape index (κ3) is 4.18. The van der Waals surface area contributed by atoms with E-state index < -0.39 is 15.6 Å². The molecule has 1 amide bonds. The Morgan fingerprint density at radius 2 is 2.05 bits per heavy atom. The van der Waals surface area contributed by atoms with Crippen LogP contribution in [0.15, 0.2) is 29.2 Å². The molecule has 1 aliphatic rings. The van der Waals surface area contributed by atoms with E-state index in [0.717, 1.165) is 12.8 Å². The first-order valence-corrected chi connectivity index (χ1v) is 8.89. The number of benzene rings is 1. The molecule has 1 saturated heterocycles. The molecule has 0 spiro atoms. The number of sulfone groups is 1. The molecule has 0 aliphatic carbocycles. The van der Waals surface area contributed by atoms with Crippen molar-refractivity contribution in [1.82, 2.24) is 10.2 Å². The maximum absolute atomic E-state index is 12.2. The molecular weight excluding hydrogens is 312 g/mol. The van der Waals surface area contributed by atoms with Gasteiger partial charge in [-0.2, -0.15) is 0 Å². The average molecular weight is 331 g/mol. The van der Waals surface area contributed by atoms with E-state index in [1.165, 1.54) is 24.3 Å². The smallest absolute Gasteiger partial charge is 0.238 e. The Kier molecular flexibility index (Phi) is 5.24. The summed E-state index contributed by atoms with van der Waals surface area (Å²) >= 11 is 5.74. The van der Waals surface area contributed by atoms with Crippen LogP contribution >= 0.6 is 11.6 Å². The number of piperidine rings is 1. The molecule has 1 N–H and O–H groups in total. The van der Waals surface area contributed by atoms with E-state index in [0.29, 0.717) is 18.1 Å². The molecule has 7 heteroatoms. The number of likely N-dealkylation sites (N-methyl/N-ethyl adjacent to an activating group) is 1. The van der Waals surface area contributed by atoms with E-state index in [1.807, 2.05) is 7.05 Å². The number of hydrogen-bond donors (Lipinski definition) is 1. The maximum atomic E-state index is 12.2. The largest absolute Gasteiger partial charge is 0.340 e. The van der Waals surface area contributed by atoms with Crippen molar-refractivity contribution in [3.8, 4) is 0 Å². The summed E-state index contributed by atoms with van der Waals surface area (Å²) in [4.78, 5) is 14.0. The number of hydrogen-bond acceptors (Lipinski definition) is 4. The Morgan fingerprint density at radius 3 is 2.67 bits per heavy atom. The number of carbonyl (C=O) groups is 1. The predicted octanol–water partition coefficient (Wildman–Crippen LogP) is 1.32. The Morgan fingerprint density at radius 1 is 1.38 bits per heavy atom. The molecule has 116 valence electrons. The molecule has 1 heterocycles. The van der Waals surface area contributed by atoms with Crippen molar-refractivity contribution >= 4 is 27.3 Å². The van der Waals surface area contributed by atoms with E-state index in [9.17, 15) is 13.2 Å². The van der Waals surface area contributed by atoms with Crippen LogP contribution in [-0.4, -0.2) is 51.2 Å². The Labute approximate surface area is 130 Å². The van der Waals surface area contributed by atoms with E-state index in [2.05, 4.69) is 5.32 Å². The van der Waals surface area contributed by atoms with Crippen molar-refractivity contribution in [3.05, 3.63) is 29.3 Å². The highest BCUT2D eigenvalue weighted by molar-refractivity contribution is 7.92. The summed E-state index contributed by atoms with van der Waals surface area (Å²) in [5.41, 5.74) is 0. The Hall–Kier alpha value is -1.11. The van der Waals surface area contributed by atoms with Gasteiger partial charge in [0.1, 0.15) is 5.75 Å². The zero-order valence-corrected chi connectivity index (χ0v) is 13.5. The molecule has 1 aromatic rings. The minimum atomic E-state index is -3.62. The molecule has 1 atom stereocenters. The summed E-state index contributed by atoms with van der Waals surface area (Å²) in [7, 11) is -1.77. The normalized spacial score (nSPS) is 19.5. The lowest BCUT2D eigenvalue weighted by atomic mass is 10.1. The van der Waals surface area contributed by atoms with Crippen LogP contribution in [0.1, 0.15) is 12.8 Å². The first-order valence-electron chi connectivity index (χ1n) is 6.86. The molecule has 1 aliphatic heterocycles. The number of nitrogens with one attached hydrogen (secondary N) is 1. The fourth-order valence-corrected chi connectivity index (χ4v) is 3.77. The summed E-state index contributed by atoms with van der Waals surface area (Å²) in [5, 5.41) is 3.60. The fraction of sp³-hybridized carbons (Fsp3) is 0.500. The standard InChI is InChI=1S/C14H19ClN2O3S/c1-16-12-3-2-8-17(9-12)14(18)10-21(19,20)13-6-4-11(15)5-7-13/h4-7,12,16H,2-3,8-10H2,1H3/t12-/m0/s1. The van der Waals surface area contributed by atoms with Crippen molar-refractivity contribution in [2.24, 2.45) is 0 Å². The van der Waals surface area contributed by atoms with Crippen molar-refractivity contribution < 1.29 is 13.2 Å². The lowest BCUT2D eigenvalue weighted by Gasteiger charge is -2.32. The quantitative estimate of drug-likeness (QED) is 0.904. The van der Waals surface area contributed by atoms with E-state index in [4.69, 9.17) is 11.6 Å². The molecule has 0 bridgehead atoms. The van der Waals surface area contributed by atoms with Gasteiger partial charge in [-0.3, -0.25) is 4.79 Å². The molecule has 5 nitrogen and oxygen atoms in total. The molecule has 2 rings (SSSR count). The average Bonchev–Trinajstić information content (AvgIpc) is 2.47. The van der Waals surface area contributed by atoms with Gasteiger partial charge in [0.2, 0.25) is 5.91 Å². The monoisotopic (exact) mass is 330 g/mol. The highest BCUT2D eigenvalue weighted by atomic mass is 35.5. The topological polar surface area (TPSA) is 66.5 Å². The lowest BCUT2D eigenvalue weighted by molar-refractivity contribution is -0.129. The third-order valence-corrected chi connectivity index (χ3v) is 5.54. The van der Waals surface area contributed by atoms with Gasteiger partial charge in [-0.05, 0) is 44.2 Å². The number of amides is 1. The van der Waals surface area contributed by atoms with Gasteiger partial charge in [0.05, 0.1) is 4.90 Å². The maximum Gasteiger partial charge on any atom is 0.238 e. The van der Waals surface area contributed by atoms with Gasteiger partial charge >= 0.3 is 0 Å². The zero-order chi connectivity index (χ0) is 15.5. The van der Waals surface area contributed by atoms with Gasteiger partial charge in [-0.1, -0.05) is 11.6 Å². The highest BCUT2D eigenvalue weighted by Gasteiger charge is 2.27. The second-order valence-electron chi connectivity index (χ2n) is 5.18. The summed E-state index contributed by atoms with van der Waals surface area (Å²) < 4.78 is 24.5. The first-order chi connectivity index (χ1) is 9.92. The highest BCUT2D eigenvalue weighted by Crippen LogP contribution is 2.17. The van der Waals surface area contributed by atoms with Crippen LogP contribution in [-0.2, 0) is 14.6 Å². The molecule has 21 heavy (non-hydrogen) atoms. The molecule has 1 fully saturated rings. The molecule has 1 aromatic carbocycles. The van der Waals surface area contributed by atoms with Crippen LogP contribution in [0, 0.1) is 0 Å². The number of carbonyl (C=O) groups excluding carboxylic acids is 1. The summed E-state index contributed by atoms with van der Waals surface area (Å²) in [6, 6.07) is 6.11. The van der Waals surface area contributed by atoms with Crippen molar-refractivity contribution in [3.63, 3.8) is 0 Å². The molecule has 0 radical (unpaired) electrons. The summed E-state index contributed by atoms with van der Waals surface area (Å²) in [5.74, 6) is -0.838.